The molecule has 0 N–H and O–H groups in total. The van der Waals surface area contributed by atoms with E-state index in [1.165, 1.54) is 18.4 Å². The summed E-state index contributed by atoms with van der Waals surface area (Å²) in [4.78, 5) is 0. The summed E-state index contributed by atoms with van der Waals surface area (Å²) in [7, 11) is 0. The molecule has 158 valence electrons. The molecule has 1 aromatic carbocycles. The molecule has 27 heavy (non-hydrogen) atoms. The first-order chi connectivity index (χ1) is 11.8. The van der Waals surface area contributed by atoms with E-state index in [1.807, 2.05) is 0 Å². The van der Waals surface area contributed by atoms with E-state index in [-0.39, 0.29) is 0 Å². The topological polar surface area (TPSA) is 0 Å². The lowest BCUT2D eigenvalue weighted by Gasteiger charge is -2.36. The van der Waals surface area contributed by atoms with Gasteiger partial charge >= 0.3 is 0 Å². The van der Waals surface area contributed by atoms with Gasteiger partial charge in [0.15, 0.2) is 0 Å². The molecule has 0 saturated carbocycles. The van der Waals surface area contributed by atoms with Gasteiger partial charge in [-0.15, -0.1) is 0 Å². The maximum absolute atomic E-state index is 2.35. The van der Waals surface area contributed by atoms with Crippen molar-refractivity contribution in [1.82, 2.24) is 0 Å². The van der Waals surface area contributed by atoms with Gasteiger partial charge in [-0.1, -0.05) is 120 Å². The molecule has 0 aliphatic rings. The fourth-order valence-electron chi connectivity index (χ4n) is 3.45. The SMILES string of the molecule is CC(C)(C)CC(c1ccccc1)C(C)(C)C.CC(CC(C)(C)C)C(C)(C)C. The molecule has 0 aliphatic carbocycles. The van der Waals surface area contributed by atoms with E-state index in [9.17, 15) is 0 Å². The molecule has 0 nitrogen and oxygen atoms in total. The molecule has 2 atom stereocenters. The Kier molecular flexibility index (Phi) is 9.34. The van der Waals surface area contributed by atoms with Crippen molar-refractivity contribution in [2.24, 2.45) is 27.6 Å². The summed E-state index contributed by atoms with van der Waals surface area (Å²) in [6.45, 7) is 30.3. The summed E-state index contributed by atoms with van der Waals surface area (Å²) in [5.74, 6) is 1.44. The van der Waals surface area contributed by atoms with Crippen LogP contribution in [0.2, 0.25) is 0 Å². The monoisotopic (exact) mass is 374 g/mol. The third-order valence-electron chi connectivity index (χ3n) is 5.46. The Hall–Kier alpha value is -0.780. The summed E-state index contributed by atoms with van der Waals surface area (Å²) < 4.78 is 0. The molecule has 1 rings (SSSR count). The highest BCUT2D eigenvalue weighted by atomic mass is 14.3. The zero-order valence-electron chi connectivity index (χ0n) is 21.0. The Morgan fingerprint density at radius 2 is 1.00 bits per heavy atom. The van der Waals surface area contributed by atoms with Gasteiger partial charge in [-0.25, -0.2) is 0 Å². The first-order valence-corrected chi connectivity index (χ1v) is 10.9. The van der Waals surface area contributed by atoms with Crippen LogP contribution in [0.4, 0.5) is 0 Å². The van der Waals surface area contributed by atoms with Crippen molar-refractivity contribution in [3.05, 3.63) is 35.9 Å². The molecule has 0 heteroatoms. The van der Waals surface area contributed by atoms with Gasteiger partial charge in [0, 0.05) is 0 Å². The number of hydrogen-bond acceptors (Lipinski definition) is 0. The Morgan fingerprint density at radius 1 is 0.593 bits per heavy atom. The van der Waals surface area contributed by atoms with Crippen LogP contribution in [-0.2, 0) is 0 Å². The highest BCUT2D eigenvalue weighted by Gasteiger charge is 2.30. The van der Waals surface area contributed by atoms with Gasteiger partial charge in [-0.05, 0) is 51.9 Å². The van der Waals surface area contributed by atoms with Gasteiger partial charge in [0.05, 0.1) is 0 Å². The highest BCUT2D eigenvalue weighted by Crippen LogP contribution is 2.42. The normalized spacial score (nSPS) is 15.6. The molecule has 2 unspecified atom stereocenters. The average Bonchev–Trinajstić information content (AvgIpc) is 2.41. The van der Waals surface area contributed by atoms with Crippen molar-refractivity contribution >= 4 is 0 Å². The third kappa shape index (κ3) is 12.3. The highest BCUT2D eigenvalue weighted by molar-refractivity contribution is 5.21. The molecule has 1 aromatic rings. The number of benzene rings is 1. The minimum Gasteiger partial charge on any atom is -0.0622 e. The van der Waals surface area contributed by atoms with Gasteiger partial charge in [-0.3, -0.25) is 0 Å². The van der Waals surface area contributed by atoms with Crippen LogP contribution in [0, 0.1) is 27.6 Å². The molecular formula is C27H50. The Bertz CT molecular complexity index is 508. The average molecular weight is 375 g/mol. The summed E-state index contributed by atoms with van der Waals surface area (Å²) in [5.41, 5.74) is 3.13. The third-order valence-corrected chi connectivity index (χ3v) is 5.46. The van der Waals surface area contributed by atoms with Crippen LogP contribution in [0.1, 0.15) is 114 Å². The van der Waals surface area contributed by atoms with Gasteiger partial charge < -0.3 is 0 Å². The molecule has 0 amide bonds. The van der Waals surface area contributed by atoms with Crippen molar-refractivity contribution in [1.29, 1.82) is 0 Å². The largest absolute Gasteiger partial charge is 0.0622 e. The molecule has 0 heterocycles. The van der Waals surface area contributed by atoms with Crippen molar-refractivity contribution in [2.75, 3.05) is 0 Å². The van der Waals surface area contributed by atoms with Crippen molar-refractivity contribution in [3.8, 4) is 0 Å². The summed E-state index contributed by atoms with van der Waals surface area (Å²) in [6, 6.07) is 10.9. The maximum Gasteiger partial charge on any atom is -0.0108 e. The molecule has 0 saturated heterocycles. The fraction of sp³-hybridized carbons (Fsp3) is 0.778. The van der Waals surface area contributed by atoms with E-state index in [2.05, 4.69) is 120 Å². The van der Waals surface area contributed by atoms with E-state index >= 15 is 0 Å². The first-order valence-electron chi connectivity index (χ1n) is 10.9. The second-order valence-electron chi connectivity index (χ2n) is 13.1. The minimum atomic E-state index is 0.328. The standard InChI is InChI=1S/C16H26.C11H24/c1-15(2,3)12-14(16(4,5)6)13-10-8-7-9-11-13;1-9(11(5,6)7)8-10(2,3)4/h7-11,14H,12H2,1-6H3;9H,8H2,1-7H3. The van der Waals surface area contributed by atoms with Gasteiger partial charge in [0.25, 0.3) is 0 Å². The summed E-state index contributed by atoms with van der Waals surface area (Å²) in [5, 5.41) is 0. The summed E-state index contributed by atoms with van der Waals surface area (Å²) >= 11 is 0. The Balaban J connectivity index is 0.000000541. The maximum atomic E-state index is 2.35. The van der Waals surface area contributed by atoms with Gasteiger partial charge in [0.2, 0.25) is 0 Å². The number of hydrogen-bond donors (Lipinski definition) is 0. The van der Waals surface area contributed by atoms with E-state index < -0.39 is 0 Å². The minimum absolute atomic E-state index is 0.328. The molecule has 0 aliphatic heterocycles. The quantitative estimate of drug-likeness (QED) is 0.494. The molecule has 0 fully saturated rings. The van der Waals surface area contributed by atoms with E-state index in [4.69, 9.17) is 0 Å². The van der Waals surface area contributed by atoms with Crippen molar-refractivity contribution < 1.29 is 0 Å². The molecule has 0 aromatic heterocycles. The van der Waals surface area contributed by atoms with Crippen molar-refractivity contribution in [3.63, 3.8) is 0 Å². The smallest absolute Gasteiger partial charge is 0.0108 e. The van der Waals surface area contributed by atoms with Crippen molar-refractivity contribution in [2.45, 2.75) is 109 Å². The van der Waals surface area contributed by atoms with Crippen LogP contribution in [0.25, 0.3) is 0 Å². The molecule has 0 radical (unpaired) electrons. The predicted molar refractivity (Wildman–Crippen MR) is 125 cm³/mol. The van der Waals surface area contributed by atoms with Crippen LogP contribution < -0.4 is 0 Å². The van der Waals surface area contributed by atoms with Crippen LogP contribution in [0.15, 0.2) is 30.3 Å². The lowest BCUT2D eigenvalue weighted by molar-refractivity contribution is 0.182. The van der Waals surface area contributed by atoms with E-state index in [0.717, 1.165) is 5.92 Å². The summed E-state index contributed by atoms with van der Waals surface area (Å²) in [6.07, 6.45) is 2.55. The second-order valence-corrected chi connectivity index (χ2v) is 13.1. The zero-order valence-corrected chi connectivity index (χ0v) is 21.0. The molecular weight excluding hydrogens is 324 g/mol. The van der Waals surface area contributed by atoms with Crippen LogP contribution in [-0.4, -0.2) is 0 Å². The molecule has 0 bridgehead atoms. The number of rotatable bonds is 3. The van der Waals surface area contributed by atoms with Crippen LogP contribution in [0.3, 0.4) is 0 Å². The second kappa shape index (κ2) is 9.62. The Labute approximate surface area is 172 Å². The Morgan fingerprint density at radius 3 is 1.26 bits per heavy atom. The van der Waals surface area contributed by atoms with Crippen LogP contribution in [0.5, 0.6) is 0 Å². The van der Waals surface area contributed by atoms with Gasteiger partial charge in [0.1, 0.15) is 0 Å². The first kappa shape index (κ1) is 26.2. The van der Waals surface area contributed by atoms with E-state index in [0.29, 0.717) is 27.6 Å². The molecule has 0 spiro atoms. The lowest BCUT2D eigenvalue weighted by atomic mass is 9.69. The zero-order chi connectivity index (χ0) is 21.7. The lowest BCUT2D eigenvalue weighted by Crippen LogP contribution is -2.23. The van der Waals surface area contributed by atoms with Gasteiger partial charge in [-0.2, -0.15) is 0 Å². The van der Waals surface area contributed by atoms with E-state index in [1.54, 1.807) is 0 Å². The predicted octanol–water partition coefficient (Wildman–Crippen LogP) is 9.36. The van der Waals surface area contributed by atoms with Crippen LogP contribution >= 0.6 is 0 Å². The fourth-order valence-corrected chi connectivity index (χ4v) is 3.45.